The summed E-state index contributed by atoms with van der Waals surface area (Å²) in [5.41, 5.74) is 1.50. The largest absolute Gasteiger partial charge is 0.507 e. The molecule has 1 fully saturated rings. The van der Waals surface area contributed by atoms with Crippen LogP contribution in [0.2, 0.25) is 0 Å². The number of hydrogen-bond acceptors (Lipinski definition) is 6. The molecule has 29 heavy (non-hydrogen) atoms. The highest BCUT2D eigenvalue weighted by Gasteiger charge is 2.47. The number of amides is 1. The first-order valence-corrected chi connectivity index (χ1v) is 10.1. The lowest BCUT2D eigenvalue weighted by molar-refractivity contribution is -0.140. The molecule has 0 radical (unpaired) electrons. The van der Waals surface area contributed by atoms with Gasteiger partial charge in [-0.1, -0.05) is 6.07 Å². The second-order valence-corrected chi connectivity index (χ2v) is 7.97. The van der Waals surface area contributed by atoms with Crippen LogP contribution >= 0.6 is 11.3 Å². The summed E-state index contributed by atoms with van der Waals surface area (Å²) >= 11 is 1.50. The van der Waals surface area contributed by atoms with Gasteiger partial charge in [0.2, 0.25) is 0 Å². The maximum Gasteiger partial charge on any atom is 0.296 e. The Hall–Kier alpha value is -3.32. The van der Waals surface area contributed by atoms with E-state index in [9.17, 15) is 14.7 Å². The highest BCUT2D eigenvalue weighted by Crippen LogP contribution is 2.41. The Labute approximate surface area is 170 Å². The molecule has 2 aliphatic heterocycles. The summed E-state index contributed by atoms with van der Waals surface area (Å²) < 4.78 is 11.1. The molecule has 0 aliphatic carbocycles. The Morgan fingerprint density at radius 2 is 2.10 bits per heavy atom. The van der Waals surface area contributed by atoms with Crippen LogP contribution in [0.5, 0.6) is 5.75 Å². The summed E-state index contributed by atoms with van der Waals surface area (Å²) in [5, 5.41) is 13.0. The molecule has 6 nitrogen and oxygen atoms in total. The van der Waals surface area contributed by atoms with E-state index in [4.69, 9.17) is 9.15 Å². The van der Waals surface area contributed by atoms with E-state index in [1.165, 1.54) is 22.5 Å². The molecule has 1 amide bonds. The van der Waals surface area contributed by atoms with Gasteiger partial charge in [0.25, 0.3) is 11.7 Å². The van der Waals surface area contributed by atoms with Gasteiger partial charge >= 0.3 is 0 Å². The molecular formula is C22H17NO5S. The Morgan fingerprint density at radius 3 is 2.86 bits per heavy atom. The number of aliphatic hydroxyl groups is 1. The Kier molecular flexibility index (Phi) is 4.24. The SMILES string of the molecule is O=C1C(=O)N(Cc2cccs2)C(c2ccco2)/C1=C(/O)c1ccc2c(c1)CCO2. The van der Waals surface area contributed by atoms with Crippen molar-refractivity contribution in [3.8, 4) is 5.75 Å². The first-order chi connectivity index (χ1) is 14.1. The van der Waals surface area contributed by atoms with Crippen LogP contribution in [0.15, 0.2) is 64.1 Å². The number of benzene rings is 1. The monoisotopic (exact) mass is 407 g/mol. The summed E-state index contributed by atoms with van der Waals surface area (Å²) in [7, 11) is 0. The highest BCUT2D eigenvalue weighted by molar-refractivity contribution is 7.09. The van der Waals surface area contributed by atoms with Gasteiger partial charge in [0, 0.05) is 16.9 Å². The van der Waals surface area contributed by atoms with E-state index in [1.54, 1.807) is 24.3 Å². The van der Waals surface area contributed by atoms with Crippen molar-refractivity contribution >= 4 is 28.8 Å². The molecule has 4 heterocycles. The third kappa shape index (κ3) is 2.94. The number of thiophene rings is 1. The summed E-state index contributed by atoms with van der Waals surface area (Å²) in [6.45, 7) is 0.861. The fraction of sp³-hybridized carbons (Fsp3) is 0.182. The van der Waals surface area contributed by atoms with Crippen LogP contribution in [0.4, 0.5) is 0 Å². The third-order valence-corrected chi connectivity index (χ3v) is 6.08. The number of carbonyl (C=O) groups excluding carboxylic acids is 2. The van der Waals surface area contributed by atoms with Gasteiger partial charge in [0.1, 0.15) is 23.3 Å². The lowest BCUT2D eigenvalue weighted by atomic mass is 9.98. The van der Waals surface area contributed by atoms with Crippen LogP contribution in [-0.2, 0) is 22.6 Å². The van der Waals surface area contributed by atoms with Gasteiger partial charge in [-0.3, -0.25) is 9.59 Å². The summed E-state index contributed by atoms with van der Waals surface area (Å²) in [6, 6.07) is 11.7. The number of furan rings is 1. The third-order valence-electron chi connectivity index (χ3n) is 5.22. The minimum atomic E-state index is -0.781. The highest BCUT2D eigenvalue weighted by atomic mass is 32.1. The van der Waals surface area contributed by atoms with E-state index < -0.39 is 17.7 Å². The van der Waals surface area contributed by atoms with E-state index in [2.05, 4.69) is 0 Å². The zero-order valence-electron chi connectivity index (χ0n) is 15.3. The molecule has 1 unspecified atom stereocenters. The molecule has 7 heteroatoms. The quantitative estimate of drug-likeness (QED) is 0.403. The molecule has 2 aliphatic rings. The summed E-state index contributed by atoms with van der Waals surface area (Å²) in [5.74, 6) is -0.342. The Bertz CT molecular complexity index is 1110. The predicted octanol–water partition coefficient (Wildman–Crippen LogP) is 3.90. The number of fused-ring (bicyclic) bond motifs is 1. The van der Waals surface area contributed by atoms with E-state index in [1.807, 2.05) is 23.6 Å². The first-order valence-electron chi connectivity index (χ1n) is 9.24. The van der Waals surface area contributed by atoms with Crippen LogP contribution in [0, 0.1) is 0 Å². The zero-order valence-corrected chi connectivity index (χ0v) is 16.1. The number of Topliss-reactive ketones (excluding diaryl/α,β-unsaturated/α-hetero) is 1. The Morgan fingerprint density at radius 1 is 1.21 bits per heavy atom. The smallest absolute Gasteiger partial charge is 0.296 e. The molecule has 0 spiro atoms. The van der Waals surface area contributed by atoms with Crippen molar-refractivity contribution in [1.82, 2.24) is 4.90 Å². The van der Waals surface area contributed by atoms with E-state index in [-0.39, 0.29) is 17.9 Å². The van der Waals surface area contributed by atoms with Crippen LogP contribution in [0.1, 0.15) is 27.8 Å². The molecule has 1 aromatic carbocycles. The molecule has 5 rings (SSSR count). The van der Waals surface area contributed by atoms with E-state index in [0.717, 1.165) is 22.6 Å². The number of aliphatic hydroxyl groups excluding tert-OH is 1. The van der Waals surface area contributed by atoms with Gasteiger partial charge in [-0.05, 0) is 47.3 Å². The molecule has 3 aromatic rings. The number of ketones is 1. The van der Waals surface area contributed by atoms with Crippen molar-refractivity contribution in [2.24, 2.45) is 0 Å². The minimum Gasteiger partial charge on any atom is -0.507 e. The number of nitrogens with zero attached hydrogens (tertiary/aromatic N) is 1. The van der Waals surface area contributed by atoms with Gasteiger partial charge in [-0.25, -0.2) is 0 Å². The van der Waals surface area contributed by atoms with Crippen LogP contribution in [0.25, 0.3) is 5.76 Å². The molecular weight excluding hydrogens is 390 g/mol. The van der Waals surface area contributed by atoms with E-state index >= 15 is 0 Å². The van der Waals surface area contributed by atoms with Crippen LogP contribution in [0.3, 0.4) is 0 Å². The second kappa shape index (κ2) is 6.93. The van der Waals surface area contributed by atoms with Gasteiger partial charge in [-0.2, -0.15) is 0 Å². The summed E-state index contributed by atoms with van der Waals surface area (Å²) in [4.78, 5) is 28.2. The molecule has 0 bridgehead atoms. The number of hydrogen-bond donors (Lipinski definition) is 1. The predicted molar refractivity (Wildman–Crippen MR) is 107 cm³/mol. The zero-order chi connectivity index (χ0) is 20.0. The lowest BCUT2D eigenvalue weighted by Crippen LogP contribution is -2.28. The van der Waals surface area contributed by atoms with Crippen LogP contribution < -0.4 is 4.74 Å². The summed E-state index contributed by atoms with van der Waals surface area (Å²) in [6.07, 6.45) is 2.23. The van der Waals surface area contributed by atoms with Gasteiger partial charge < -0.3 is 19.2 Å². The molecule has 1 N–H and O–H groups in total. The average Bonchev–Trinajstić information content (AvgIpc) is 3.51. The fourth-order valence-corrected chi connectivity index (χ4v) is 4.55. The van der Waals surface area contributed by atoms with Crippen molar-refractivity contribution in [2.75, 3.05) is 6.61 Å². The van der Waals surface area contributed by atoms with Gasteiger partial charge in [-0.15, -0.1) is 11.3 Å². The second-order valence-electron chi connectivity index (χ2n) is 6.94. The van der Waals surface area contributed by atoms with Gasteiger partial charge in [0.15, 0.2) is 0 Å². The van der Waals surface area contributed by atoms with Gasteiger partial charge in [0.05, 0.1) is 25.0 Å². The molecule has 1 saturated heterocycles. The maximum absolute atomic E-state index is 12.9. The van der Waals surface area contributed by atoms with Crippen molar-refractivity contribution < 1.29 is 23.8 Å². The molecule has 2 aromatic heterocycles. The number of rotatable bonds is 4. The number of carbonyl (C=O) groups is 2. The van der Waals surface area contributed by atoms with Crippen molar-refractivity contribution in [3.63, 3.8) is 0 Å². The van der Waals surface area contributed by atoms with Crippen molar-refractivity contribution in [1.29, 1.82) is 0 Å². The molecule has 0 saturated carbocycles. The lowest BCUT2D eigenvalue weighted by Gasteiger charge is -2.22. The fourth-order valence-electron chi connectivity index (χ4n) is 3.85. The van der Waals surface area contributed by atoms with Crippen molar-refractivity contribution in [2.45, 2.75) is 19.0 Å². The number of likely N-dealkylation sites (tertiary alicyclic amines) is 1. The topological polar surface area (TPSA) is 80.0 Å². The first kappa shape index (κ1) is 17.8. The maximum atomic E-state index is 12.9. The average molecular weight is 407 g/mol. The van der Waals surface area contributed by atoms with E-state index in [0.29, 0.717) is 17.9 Å². The molecule has 1 atom stereocenters. The van der Waals surface area contributed by atoms with Crippen LogP contribution in [-0.4, -0.2) is 28.3 Å². The molecule has 146 valence electrons. The minimum absolute atomic E-state index is 0.0420. The standard InChI is InChI=1S/C22H17NO5S/c24-20(14-5-6-16-13(11-14)7-9-28-16)18-19(17-4-1-8-27-17)23(22(26)21(18)25)12-15-3-2-10-29-15/h1-6,8,10-11,19,24H,7,9,12H2/b20-18-. The number of ether oxygens (including phenoxy) is 1. The van der Waals surface area contributed by atoms with Crippen molar-refractivity contribution in [3.05, 3.63) is 81.4 Å². The normalized spacial score (nSPS) is 20.1. The Balaban J connectivity index is 1.62.